The van der Waals surface area contributed by atoms with Crippen molar-refractivity contribution in [2.45, 2.75) is 12.5 Å². The first-order chi connectivity index (χ1) is 6.75. The molecule has 72 valence electrons. The molecule has 2 rings (SSSR count). The smallest absolute Gasteiger partial charge is 0.244 e. The van der Waals surface area contributed by atoms with Crippen LogP contribution in [0.3, 0.4) is 0 Å². The highest BCUT2D eigenvalue weighted by Gasteiger charge is 2.15. The van der Waals surface area contributed by atoms with Crippen molar-refractivity contribution < 1.29 is 9.18 Å². The van der Waals surface area contributed by atoms with Crippen molar-refractivity contribution in [2.24, 2.45) is 0 Å². The molecule has 0 saturated carbocycles. The number of carbonyl (C=O) groups is 1. The predicted molar refractivity (Wildman–Crippen MR) is 51.0 cm³/mol. The fraction of sp³-hybridized carbons (Fsp3) is 0.182. The molecule has 1 atom stereocenters. The van der Waals surface area contributed by atoms with Crippen molar-refractivity contribution in [2.75, 3.05) is 0 Å². The molecule has 1 aliphatic heterocycles. The summed E-state index contributed by atoms with van der Waals surface area (Å²) in [6.07, 6.45) is 4.10. The van der Waals surface area contributed by atoms with Crippen molar-refractivity contribution >= 4 is 5.91 Å². The molecule has 2 nitrogen and oxygen atoms in total. The summed E-state index contributed by atoms with van der Waals surface area (Å²) in [6, 6.07) is 6.17. The second-order valence-corrected chi connectivity index (χ2v) is 3.25. The molecule has 14 heavy (non-hydrogen) atoms. The van der Waals surface area contributed by atoms with Gasteiger partial charge in [-0.3, -0.25) is 4.79 Å². The lowest BCUT2D eigenvalue weighted by Gasteiger charge is -2.19. The maximum atomic E-state index is 12.6. The average Bonchev–Trinajstić information content (AvgIpc) is 2.19. The molecule has 0 saturated heterocycles. The average molecular weight is 191 g/mol. The van der Waals surface area contributed by atoms with Crippen LogP contribution in [0.25, 0.3) is 0 Å². The summed E-state index contributed by atoms with van der Waals surface area (Å²) in [5, 5.41) is 2.80. The van der Waals surface area contributed by atoms with Gasteiger partial charge in [-0.05, 0) is 30.2 Å². The molecule has 1 amide bonds. The van der Waals surface area contributed by atoms with Gasteiger partial charge in [0.05, 0.1) is 6.04 Å². The molecule has 0 aliphatic carbocycles. The van der Waals surface area contributed by atoms with Gasteiger partial charge in [0, 0.05) is 0 Å². The molecule has 1 N–H and O–H groups in total. The molecule has 0 spiro atoms. The van der Waals surface area contributed by atoms with Gasteiger partial charge in [0.25, 0.3) is 0 Å². The Hall–Kier alpha value is -1.64. The van der Waals surface area contributed by atoms with Crippen molar-refractivity contribution in [3.63, 3.8) is 0 Å². The van der Waals surface area contributed by atoms with Gasteiger partial charge in [0.1, 0.15) is 5.82 Å². The van der Waals surface area contributed by atoms with Crippen LogP contribution in [0.15, 0.2) is 36.4 Å². The summed E-state index contributed by atoms with van der Waals surface area (Å²) in [7, 11) is 0. The fourth-order valence-corrected chi connectivity index (χ4v) is 1.50. The quantitative estimate of drug-likeness (QED) is 0.722. The lowest BCUT2D eigenvalue weighted by Crippen LogP contribution is -2.29. The SMILES string of the molecule is O=C1C=CCC(c2ccc(F)cc2)N1. The number of rotatable bonds is 1. The topological polar surface area (TPSA) is 29.1 Å². The summed E-state index contributed by atoms with van der Waals surface area (Å²) in [5.74, 6) is -0.350. The molecule has 1 heterocycles. The van der Waals surface area contributed by atoms with E-state index in [4.69, 9.17) is 0 Å². The molecule has 1 unspecified atom stereocenters. The minimum Gasteiger partial charge on any atom is -0.345 e. The standard InChI is InChI=1S/C11H10FNO/c12-9-6-4-8(5-7-9)10-2-1-3-11(14)13-10/h1,3-7,10H,2H2,(H,13,14). The van der Waals surface area contributed by atoms with Crippen molar-refractivity contribution in [3.8, 4) is 0 Å². The van der Waals surface area contributed by atoms with Gasteiger partial charge in [-0.1, -0.05) is 18.2 Å². The largest absolute Gasteiger partial charge is 0.345 e. The van der Waals surface area contributed by atoms with E-state index in [1.807, 2.05) is 6.08 Å². The molecule has 1 aliphatic rings. The summed E-state index contributed by atoms with van der Waals surface area (Å²) in [5.41, 5.74) is 0.934. The number of carbonyl (C=O) groups excluding carboxylic acids is 1. The van der Waals surface area contributed by atoms with Crippen LogP contribution in [-0.4, -0.2) is 5.91 Å². The molecule has 0 radical (unpaired) electrons. The van der Waals surface area contributed by atoms with Crippen LogP contribution in [0.1, 0.15) is 18.0 Å². The first-order valence-electron chi connectivity index (χ1n) is 4.48. The highest BCUT2D eigenvalue weighted by molar-refractivity contribution is 5.88. The van der Waals surface area contributed by atoms with Gasteiger partial charge in [-0.2, -0.15) is 0 Å². The minimum absolute atomic E-state index is 0.0203. The molecule has 0 aromatic heterocycles. The highest BCUT2D eigenvalue weighted by atomic mass is 19.1. The summed E-state index contributed by atoms with van der Waals surface area (Å²) in [4.78, 5) is 11.0. The fourth-order valence-electron chi connectivity index (χ4n) is 1.50. The van der Waals surface area contributed by atoms with Gasteiger partial charge in [-0.15, -0.1) is 0 Å². The van der Waals surface area contributed by atoms with E-state index in [2.05, 4.69) is 5.32 Å². The zero-order valence-corrected chi connectivity index (χ0v) is 7.53. The van der Waals surface area contributed by atoms with Crippen LogP contribution in [0, 0.1) is 5.82 Å². The lowest BCUT2D eigenvalue weighted by molar-refractivity contribution is -0.117. The number of halogens is 1. The normalized spacial score (nSPS) is 20.6. The van der Waals surface area contributed by atoms with Crippen LogP contribution in [0.2, 0.25) is 0 Å². The van der Waals surface area contributed by atoms with E-state index in [9.17, 15) is 9.18 Å². The van der Waals surface area contributed by atoms with E-state index in [1.165, 1.54) is 18.2 Å². The Kier molecular flexibility index (Phi) is 2.31. The van der Waals surface area contributed by atoms with Gasteiger partial charge < -0.3 is 5.32 Å². The number of hydrogen-bond acceptors (Lipinski definition) is 1. The second-order valence-electron chi connectivity index (χ2n) is 3.25. The van der Waals surface area contributed by atoms with Gasteiger partial charge >= 0.3 is 0 Å². The third-order valence-electron chi connectivity index (χ3n) is 2.23. The van der Waals surface area contributed by atoms with Crippen molar-refractivity contribution in [1.29, 1.82) is 0 Å². The first kappa shape index (κ1) is 8.94. The van der Waals surface area contributed by atoms with Gasteiger partial charge in [0.2, 0.25) is 5.91 Å². The number of nitrogens with one attached hydrogen (secondary N) is 1. The van der Waals surface area contributed by atoms with Crippen LogP contribution in [-0.2, 0) is 4.79 Å². The summed E-state index contributed by atoms with van der Waals surface area (Å²) < 4.78 is 12.6. The van der Waals surface area contributed by atoms with E-state index in [-0.39, 0.29) is 17.8 Å². The van der Waals surface area contributed by atoms with Crippen molar-refractivity contribution in [3.05, 3.63) is 47.8 Å². The molecule has 0 bridgehead atoms. The molecular formula is C11H10FNO. The molecule has 1 aromatic rings. The third-order valence-corrected chi connectivity index (χ3v) is 2.23. The van der Waals surface area contributed by atoms with Crippen LogP contribution in [0.4, 0.5) is 4.39 Å². The van der Waals surface area contributed by atoms with Crippen LogP contribution >= 0.6 is 0 Å². The lowest BCUT2D eigenvalue weighted by atomic mass is 10.0. The third kappa shape index (κ3) is 1.82. The number of benzene rings is 1. The minimum atomic E-state index is -0.258. The van der Waals surface area contributed by atoms with Crippen LogP contribution in [0.5, 0.6) is 0 Å². The van der Waals surface area contributed by atoms with E-state index in [0.717, 1.165) is 12.0 Å². The zero-order chi connectivity index (χ0) is 9.97. The maximum absolute atomic E-state index is 12.6. The Morgan fingerprint density at radius 1 is 1.29 bits per heavy atom. The summed E-state index contributed by atoms with van der Waals surface area (Å²) >= 11 is 0. The van der Waals surface area contributed by atoms with Crippen LogP contribution < -0.4 is 5.32 Å². The number of hydrogen-bond donors (Lipinski definition) is 1. The van der Waals surface area contributed by atoms with Crippen molar-refractivity contribution in [1.82, 2.24) is 5.32 Å². The first-order valence-corrected chi connectivity index (χ1v) is 4.48. The molecular weight excluding hydrogens is 181 g/mol. The van der Waals surface area contributed by atoms with Gasteiger partial charge in [0.15, 0.2) is 0 Å². The van der Waals surface area contributed by atoms with E-state index in [1.54, 1.807) is 12.1 Å². The Labute approximate surface area is 81.4 Å². The Balaban J connectivity index is 2.19. The maximum Gasteiger partial charge on any atom is 0.244 e. The molecule has 1 aromatic carbocycles. The Bertz CT molecular complexity index is 369. The molecule has 0 fully saturated rings. The second kappa shape index (κ2) is 3.62. The molecule has 3 heteroatoms. The Morgan fingerprint density at radius 2 is 2.00 bits per heavy atom. The predicted octanol–water partition coefficient (Wildman–Crippen LogP) is 1.94. The zero-order valence-electron chi connectivity index (χ0n) is 7.53. The Morgan fingerprint density at radius 3 is 2.64 bits per heavy atom. The summed E-state index contributed by atoms with van der Waals surface area (Å²) in [6.45, 7) is 0. The van der Waals surface area contributed by atoms with Gasteiger partial charge in [-0.25, -0.2) is 4.39 Å². The van der Waals surface area contributed by atoms with E-state index >= 15 is 0 Å². The van der Waals surface area contributed by atoms with E-state index < -0.39 is 0 Å². The highest BCUT2D eigenvalue weighted by Crippen LogP contribution is 2.19. The number of amides is 1. The monoisotopic (exact) mass is 191 g/mol. The van der Waals surface area contributed by atoms with E-state index in [0.29, 0.717) is 0 Å².